The van der Waals surface area contributed by atoms with E-state index in [1.807, 2.05) is 11.3 Å². The smallest absolute Gasteiger partial charge is 0.00682 e. The largest absolute Gasteiger partial charge is 0.314 e. The van der Waals surface area contributed by atoms with Crippen LogP contribution in [0.25, 0.3) is 0 Å². The third-order valence-electron chi connectivity index (χ3n) is 3.85. The maximum atomic E-state index is 3.59. The van der Waals surface area contributed by atoms with Gasteiger partial charge in [-0.3, -0.25) is 0 Å². The van der Waals surface area contributed by atoms with Gasteiger partial charge in [-0.1, -0.05) is 6.07 Å². The Morgan fingerprint density at radius 1 is 1.50 bits per heavy atom. The van der Waals surface area contributed by atoms with Crippen molar-refractivity contribution in [3.05, 3.63) is 22.4 Å². The van der Waals surface area contributed by atoms with E-state index >= 15 is 0 Å². The Kier molecular flexibility index (Phi) is 5.67. The molecule has 0 saturated heterocycles. The standard InChI is InChI=1S/C15H26N2S/c1-13(5-3-10-16-14-7-8-14)17(2)11-9-15-6-4-12-18-15/h4,6,12-14,16H,3,5,7-11H2,1-2H3. The second kappa shape index (κ2) is 7.27. The van der Waals surface area contributed by atoms with Gasteiger partial charge in [-0.15, -0.1) is 11.3 Å². The van der Waals surface area contributed by atoms with E-state index in [0.717, 1.165) is 6.04 Å². The normalized spacial score (nSPS) is 17.3. The minimum absolute atomic E-state index is 0.700. The SMILES string of the molecule is CC(CCCNC1CC1)N(C)CCc1cccs1. The van der Waals surface area contributed by atoms with Crippen molar-refractivity contribution >= 4 is 11.3 Å². The van der Waals surface area contributed by atoms with Crippen LogP contribution in [0.4, 0.5) is 0 Å². The molecule has 1 fully saturated rings. The Balaban J connectivity index is 1.54. The van der Waals surface area contributed by atoms with E-state index in [2.05, 4.69) is 41.7 Å². The fourth-order valence-corrected chi connectivity index (χ4v) is 2.87. The summed E-state index contributed by atoms with van der Waals surface area (Å²) in [6.45, 7) is 4.73. The molecule has 1 atom stereocenters. The summed E-state index contributed by atoms with van der Waals surface area (Å²) in [6, 6.07) is 5.94. The lowest BCUT2D eigenvalue weighted by Gasteiger charge is -2.24. The molecule has 1 unspecified atom stereocenters. The molecule has 0 aromatic carbocycles. The summed E-state index contributed by atoms with van der Waals surface area (Å²) in [6.07, 6.45) is 6.60. The molecule has 1 aliphatic rings. The lowest BCUT2D eigenvalue weighted by molar-refractivity contribution is 0.245. The summed E-state index contributed by atoms with van der Waals surface area (Å²) in [5.41, 5.74) is 0. The van der Waals surface area contributed by atoms with Gasteiger partial charge in [0.25, 0.3) is 0 Å². The van der Waals surface area contributed by atoms with Gasteiger partial charge in [-0.05, 0) is 64.1 Å². The van der Waals surface area contributed by atoms with E-state index in [-0.39, 0.29) is 0 Å². The van der Waals surface area contributed by atoms with Crippen molar-refractivity contribution in [1.82, 2.24) is 10.2 Å². The first-order valence-corrected chi connectivity index (χ1v) is 8.09. The zero-order valence-corrected chi connectivity index (χ0v) is 12.5. The summed E-state index contributed by atoms with van der Waals surface area (Å²) in [5.74, 6) is 0. The number of hydrogen-bond acceptors (Lipinski definition) is 3. The van der Waals surface area contributed by atoms with Crippen LogP contribution in [0.15, 0.2) is 17.5 Å². The zero-order valence-electron chi connectivity index (χ0n) is 11.7. The quantitative estimate of drug-likeness (QED) is 0.691. The van der Waals surface area contributed by atoms with Crippen LogP contribution in [0.5, 0.6) is 0 Å². The van der Waals surface area contributed by atoms with E-state index in [1.54, 1.807) is 0 Å². The van der Waals surface area contributed by atoms with Crippen molar-refractivity contribution in [2.24, 2.45) is 0 Å². The topological polar surface area (TPSA) is 15.3 Å². The number of nitrogens with zero attached hydrogens (tertiary/aromatic N) is 1. The van der Waals surface area contributed by atoms with E-state index in [9.17, 15) is 0 Å². The van der Waals surface area contributed by atoms with E-state index in [4.69, 9.17) is 0 Å². The lowest BCUT2D eigenvalue weighted by atomic mass is 10.1. The molecule has 18 heavy (non-hydrogen) atoms. The van der Waals surface area contributed by atoms with E-state index in [0.29, 0.717) is 6.04 Å². The number of thiophene rings is 1. The van der Waals surface area contributed by atoms with Gasteiger partial charge in [0.2, 0.25) is 0 Å². The molecular formula is C15H26N2S. The van der Waals surface area contributed by atoms with Crippen molar-refractivity contribution in [2.75, 3.05) is 20.1 Å². The molecule has 1 aromatic heterocycles. The zero-order chi connectivity index (χ0) is 12.8. The summed E-state index contributed by atoms with van der Waals surface area (Å²) >= 11 is 1.87. The average Bonchev–Trinajstić information content (AvgIpc) is 3.05. The van der Waals surface area contributed by atoms with Crippen LogP contribution in [0.3, 0.4) is 0 Å². The first kappa shape index (κ1) is 14.0. The van der Waals surface area contributed by atoms with Crippen LogP contribution in [-0.4, -0.2) is 37.1 Å². The Morgan fingerprint density at radius 2 is 2.33 bits per heavy atom. The minimum atomic E-state index is 0.700. The molecular weight excluding hydrogens is 240 g/mol. The molecule has 102 valence electrons. The highest BCUT2D eigenvalue weighted by atomic mass is 32.1. The van der Waals surface area contributed by atoms with Gasteiger partial charge in [0.15, 0.2) is 0 Å². The highest BCUT2D eigenvalue weighted by molar-refractivity contribution is 7.09. The number of rotatable bonds is 9. The molecule has 0 spiro atoms. The number of nitrogens with one attached hydrogen (secondary N) is 1. The van der Waals surface area contributed by atoms with Gasteiger partial charge in [0.1, 0.15) is 0 Å². The van der Waals surface area contributed by atoms with Crippen molar-refractivity contribution in [3.63, 3.8) is 0 Å². The van der Waals surface area contributed by atoms with E-state index in [1.165, 1.54) is 50.1 Å². The molecule has 1 aromatic rings. The number of likely N-dealkylation sites (N-methyl/N-ethyl adjacent to an activating group) is 1. The molecule has 0 radical (unpaired) electrons. The minimum Gasteiger partial charge on any atom is -0.314 e. The van der Waals surface area contributed by atoms with Crippen molar-refractivity contribution in [1.29, 1.82) is 0 Å². The highest BCUT2D eigenvalue weighted by Crippen LogP contribution is 2.18. The molecule has 1 saturated carbocycles. The predicted molar refractivity (Wildman–Crippen MR) is 80.4 cm³/mol. The van der Waals surface area contributed by atoms with Gasteiger partial charge in [-0.2, -0.15) is 0 Å². The first-order chi connectivity index (χ1) is 8.75. The maximum Gasteiger partial charge on any atom is 0.00682 e. The van der Waals surface area contributed by atoms with Gasteiger partial charge in [0, 0.05) is 23.5 Å². The van der Waals surface area contributed by atoms with Crippen LogP contribution in [0.2, 0.25) is 0 Å². The van der Waals surface area contributed by atoms with Crippen LogP contribution >= 0.6 is 11.3 Å². The summed E-state index contributed by atoms with van der Waals surface area (Å²) < 4.78 is 0. The van der Waals surface area contributed by atoms with Gasteiger partial charge < -0.3 is 10.2 Å². The third-order valence-corrected chi connectivity index (χ3v) is 4.79. The van der Waals surface area contributed by atoms with Crippen molar-refractivity contribution in [3.8, 4) is 0 Å². The predicted octanol–water partition coefficient (Wildman–Crippen LogP) is 3.14. The Bertz CT molecular complexity index is 319. The summed E-state index contributed by atoms with van der Waals surface area (Å²) in [5, 5.41) is 5.76. The molecule has 2 rings (SSSR count). The molecule has 0 aliphatic heterocycles. The molecule has 3 heteroatoms. The Hall–Kier alpha value is -0.380. The summed E-state index contributed by atoms with van der Waals surface area (Å²) in [7, 11) is 2.26. The average molecular weight is 266 g/mol. The summed E-state index contributed by atoms with van der Waals surface area (Å²) in [4.78, 5) is 4.00. The molecule has 1 N–H and O–H groups in total. The monoisotopic (exact) mass is 266 g/mol. The van der Waals surface area contributed by atoms with Gasteiger partial charge in [0.05, 0.1) is 0 Å². The first-order valence-electron chi connectivity index (χ1n) is 7.21. The maximum absolute atomic E-state index is 3.59. The van der Waals surface area contributed by atoms with Crippen LogP contribution in [-0.2, 0) is 6.42 Å². The molecule has 1 heterocycles. The molecule has 0 amide bonds. The van der Waals surface area contributed by atoms with Crippen LogP contribution in [0.1, 0.15) is 37.5 Å². The Labute approximate surface area is 115 Å². The fraction of sp³-hybridized carbons (Fsp3) is 0.733. The second-order valence-electron chi connectivity index (χ2n) is 5.53. The Morgan fingerprint density at radius 3 is 3.00 bits per heavy atom. The highest BCUT2D eigenvalue weighted by Gasteiger charge is 2.19. The third kappa shape index (κ3) is 5.09. The van der Waals surface area contributed by atoms with Crippen molar-refractivity contribution in [2.45, 2.75) is 51.1 Å². The van der Waals surface area contributed by atoms with Gasteiger partial charge in [-0.25, -0.2) is 0 Å². The van der Waals surface area contributed by atoms with Gasteiger partial charge >= 0.3 is 0 Å². The second-order valence-corrected chi connectivity index (χ2v) is 6.56. The fourth-order valence-electron chi connectivity index (χ4n) is 2.17. The molecule has 0 bridgehead atoms. The number of hydrogen-bond donors (Lipinski definition) is 1. The van der Waals surface area contributed by atoms with Crippen LogP contribution < -0.4 is 5.32 Å². The van der Waals surface area contributed by atoms with E-state index < -0.39 is 0 Å². The van der Waals surface area contributed by atoms with Crippen LogP contribution in [0, 0.1) is 0 Å². The van der Waals surface area contributed by atoms with Crippen molar-refractivity contribution < 1.29 is 0 Å². The molecule has 2 nitrogen and oxygen atoms in total. The lowest BCUT2D eigenvalue weighted by Crippen LogP contribution is -2.31. The molecule has 1 aliphatic carbocycles.